The van der Waals surface area contributed by atoms with Crippen LogP contribution in [0.5, 0.6) is 0 Å². The summed E-state index contributed by atoms with van der Waals surface area (Å²) in [7, 11) is 1.23. The molecule has 7 nitrogen and oxygen atoms in total. The zero-order chi connectivity index (χ0) is 13.7. The van der Waals surface area contributed by atoms with E-state index in [1.165, 1.54) is 23.2 Å². The zero-order valence-electron chi connectivity index (χ0n) is 10.7. The Morgan fingerprint density at radius 2 is 2.00 bits per heavy atom. The molecule has 18 heavy (non-hydrogen) atoms. The highest BCUT2D eigenvalue weighted by atomic mass is 16.5. The lowest BCUT2D eigenvalue weighted by Gasteiger charge is -2.15. The maximum Gasteiger partial charge on any atom is 0.330 e. The smallest absolute Gasteiger partial charge is 0.330 e. The first-order valence-corrected chi connectivity index (χ1v) is 5.60. The fourth-order valence-electron chi connectivity index (χ4n) is 1.60. The number of amides is 1. The molecular weight excluding hydrogens is 238 g/mol. The maximum absolute atomic E-state index is 11.8. The average Bonchev–Trinajstić information content (AvgIpc) is 2.68. The highest BCUT2D eigenvalue weighted by molar-refractivity contribution is 5.83. The van der Waals surface area contributed by atoms with Gasteiger partial charge in [0.25, 0.3) is 0 Å². The number of nitrogens with zero attached hydrogens (tertiary/aromatic N) is 2. The normalized spacial score (nSPS) is 11.9. The summed E-state index contributed by atoms with van der Waals surface area (Å²) < 4.78 is 7.45. The minimum absolute atomic E-state index is 0.0537. The lowest BCUT2D eigenvalue weighted by atomic mass is 10.3. The Hall–Kier alpha value is -2.05. The van der Waals surface area contributed by atoms with E-state index in [1.807, 2.05) is 6.92 Å². The van der Waals surface area contributed by atoms with Crippen LogP contribution in [-0.4, -0.2) is 34.2 Å². The number of ether oxygens (including phenoxy) is 1. The van der Waals surface area contributed by atoms with Gasteiger partial charge in [-0.3, -0.25) is 13.9 Å². The van der Waals surface area contributed by atoms with Gasteiger partial charge in [0, 0.05) is 25.9 Å². The van der Waals surface area contributed by atoms with E-state index in [1.54, 1.807) is 12.4 Å². The number of methoxy groups -OCH3 is 1. The third-order valence-electron chi connectivity index (χ3n) is 2.50. The van der Waals surface area contributed by atoms with E-state index in [2.05, 4.69) is 10.1 Å². The van der Waals surface area contributed by atoms with Crippen molar-refractivity contribution in [3.05, 3.63) is 22.9 Å². The van der Waals surface area contributed by atoms with Gasteiger partial charge in [0.05, 0.1) is 13.7 Å². The summed E-state index contributed by atoms with van der Waals surface area (Å²) in [5.74, 6) is -0.935. The molecule has 0 radical (unpaired) electrons. The first-order valence-electron chi connectivity index (χ1n) is 5.60. The fraction of sp³-hybridized carbons (Fsp3) is 0.545. The molecule has 0 bridgehead atoms. The fourth-order valence-corrected chi connectivity index (χ4v) is 1.60. The lowest BCUT2D eigenvalue weighted by Crippen LogP contribution is -2.45. The summed E-state index contributed by atoms with van der Waals surface area (Å²) in [6.45, 7) is 3.75. The average molecular weight is 255 g/mol. The van der Waals surface area contributed by atoms with Gasteiger partial charge in [-0.25, -0.2) is 9.59 Å². The monoisotopic (exact) mass is 255 g/mol. The zero-order valence-corrected chi connectivity index (χ0v) is 10.7. The molecule has 1 aromatic rings. The van der Waals surface area contributed by atoms with Crippen molar-refractivity contribution < 1.29 is 14.3 Å². The molecule has 100 valence electrons. The van der Waals surface area contributed by atoms with Crippen LogP contribution in [0.4, 0.5) is 0 Å². The molecule has 0 saturated carbocycles. The van der Waals surface area contributed by atoms with Crippen molar-refractivity contribution in [2.24, 2.45) is 0 Å². The summed E-state index contributed by atoms with van der Waals surface area (Å²) in [5.41, 5.74) is -0.225. The molecule has 1 atom stereocenters. The number of hydrogen-bond acceptors (Lipinski definition) is 4. The Balaban J connectivity index is 2.88. The lowest BCUT2D eigenvalue weighted by molar-refractivity contribution is -0.145. The van der Waals surface area contributed by atoms with Crippen molar-refractivity contribution in [3.8, 4) is 0 Å². The van der Waals surface area contributed by atoms with E-state index in [-0.39, 0.29) is 18.1 Å². The van der Waals surface area contributed by atoms with Crippen molar-refractivity contribution in [2.45, 2.75) is 33.0 Å². The largest absolute Gasteiger partial charge is 0.467 e. The van der Waals surface area contributed by atoms with Crippen molar-refractivity contribution in [2.75, 3.05) is 7.11 Å². The van der Waals surface area contributed by atoms with Gasteiger partial charge in [-0.15, -0.1) is 0 Å². The molecule has 0 aromatic carbocycles. The second-order valence-corrected chi connectivity index (χ2v) is 3.80. The minimum atomic E-state index is -0.863. The second kappa shape index (κ2) is 6.04. The molecule has 7 heteroatoms. The van der Waals surface area contributed by atoms with Crippen LogP contribution in [0.3, 0.4) is 0 Å². The third kappa shape index (κ3) is 3.22. The third-order valence-corrected chi connectivity index (χ3v) is 2.50. The number of rotatable bonds is 5. The molecule has 0 aliphatic carbocycles. The Bertz CT molecular complexity index is 489. The molecule has 0 spiro atoms. The van der Waals surface area contributed by atoms with Gasteiger partial charge in [0.15, 0.2) is 0 Å². The summed E-state index contributed by atoms with van der Waals surface area (Å²) in [5, 5.41) is 2.45. The number of esters is 1. The van der Waals surface area contributed by atoms with Crippen molar-refractivity contribution in [3.63, 3.8) is 0 Å². The van der Waals surface area contributed by atoms with Crippen molar-refractivity contribution in [1.29, 1.82) is 0 Å². The summed E-state index contributed by atoms with van der Waals surface area (Å²) >= 11 is 0. The second-order valence-electron chi connectivity index (χ2n) is 3.80. The predicted molar refractivity (Wildman–Crippen MR) is 64.0 cm³/mol. The topological polar surface area (TPSA) is 82.3 Å². The summed E-state index contributed by atoms with van der Waals surface area (Å²) in [6.07, 6.45) is 3.20. The Kier molecular flexibility index (Phi) is 4.70. The molecule has 1 amide bonds. The first kappa shape index (κ1) is 14.0. The number of carbonyl (C=O) groups excluding carboxylic acids is 2. The molecule has 1 rings (SSSR count). The Labute approximate surface area is 104 Å². The summed E-state index contributed by atoms with van der Waals surface area (Å²) in [4.78, 5) is 34.3. The van der Waals surface area contributed by atoms with Gasteiger partial charge in [0.2, 0.25) is 5.91 Å². The van der Waals surface area contributed by atoms with Crippen LogP contribution in [0.2, 0.25) is 0 Å². The number of aryl methyl sites for hydroxylation is 1. The summed E-state index contributed by atoms with van der Waals surface area (Å²) in [6, 6.07) is -0.863. The van der Waals surface area contributed by atoms with Gasteiger partial charge in [-0.1, -0.05) is 0 Å². The van der Waals surface area contributed by atoms with E-state index in [9.17, 15) is 14.4 Å². The van der Waals surface area contributed by atoms with E-state index in [4.69, 9.17) is 0 Å². The SMILES string of the molecule is CCn1ccn(CC(NC(C)=O)C(=O)OC)c1=O. The van der Waals surface area contributed by atoms with Crippen LogP contribution in [-0.2, 0) is 27.4 Å². The van der Waals surface area contributed by atoms with E-state index < -0.39 is 12.0 Å². The van der Waals surface area contributed by atoms with Crippen LogP contribution < -0.4 is 11.0 Å². The number of aromatic nitrogens is 2. The quantitative estimate of drug-likeness (QED) is 0.709. The van der Waals surface area contributed by atoms with Crippen LogP contribution >= 0.6 is 0 Å². The number of hydrogen-bond donors (Lipinski definition) is 1. The molecule has 0 saturated heterocycles. The Morgan fingerprint density at radius 3 is 2.44 bits per heavy atom. The van der Waals surface area contributed by atoms with Crippen molar-refractivity contribution >= 4 is 11.9 Å². The molecule has 1 heterocycles. The van der Waals surface area contributed by atoms with E-state index in [0.29, 0.717) is 6.54 Å². The van der Waals surface area contributed by atoms with Crippen LogP contribution in [0.25, 0.3) is 0 Å². The molecule has 0 fully saturated rings. The van der Waals surface area contributed by atoms with Crippen molar-refractivity contribution in [1.82, 2.24) is 14.5 Å². The minimum Gasteiger partial charge on any atom is -0.467 e. The standard InChI is InChI=1S/C11H17N3O4/c1-4-13-5-6-14(11(13)17)7-9(10(16)18-3)12-8(2)15/h5-6,9H,4,7H2,1-3H3,(H,12,15). The van der Waals surface area contributed by atoms with Gasteiger partial charge < -0.3 is 10.1 Å². The van der Waals surface area contributed by atoms with E-state index >= 15 is 0 Å². The van der Waals surface area contributed by atoms with Gasteiger partial charge >= 0.3 is 11.7 Å². The van der Waals surface area contributed by atoms with Crippen LogP contribution in [0, 0.1) is 0 Å². The predicted octanol–water partition coefficient (Wildman–Crippen LogP) is -0.653. The molecule has 0 aliphatic rings. The van der Waals surface area contributed by atoms with Crippen LogP contribution in [0.1, 0.15) is 13.8 Å². The number of carbonyl (C=O) groups is 2. The highest BCUT2D eigenvalue weighted by Crippen LogP contribution is 1.94. The Morgan fingerprint density at radius 1 is 1.39 bits per heavy atom. The maximum atomic E-state index is 11.8. The molecular formula is C11H17N3O4. The van der Waals surface area contributed by atoms with E-state index in [0.717, 1.165) is 0 Å². The highest BCUT2D eigenvalue weighted by Gasteiger charge is 2.21. The molecule has 1 N–H and O–H groups in total. The molecule has 0 aliphatic heterocycles. The number of imidazole rings is 1. The van der Waals surface area contributed by atoms with Gasteiger partial charge in [0.1, 0.15) is 6.04 Å². The molecule has 1 aromatic heterocycles. The first-order chi connectivity index (χ1) is 8.49. The van der Waals surface area contributed by atoms with Gasteiger partial charge in [-0.2, -0.15) is 0 Å². The van der Waals surface area contributed by atoms with Crippen LogP contribution in [0.15, 0.2) is 17.2 Å². The number of nitrogens with one attached hydrogen (secondary N) is 1. The molecule has 1 unspecified atom stereocenters. The van der Waals surface area contributed by atoms with Gasteiger partial charge in [-0.05, 0) is 6.92 Å².